The minimum absolute atomic E-state index is 0.0944. The number of esters is 1. The summed E-state index contributed by atoms with van der Waals surface area (Å²) < 4.78 is 9.85. The number of ketones is 1. The van der Waals surface area contributed by atoms with E-state index >= 15 is 0 Å². The summed E-state index contributed by atoms with van der Waals surface area (Å²) in [7, 11) is 2.90. The summed E-state index contributed by atoms with van der Waals surface area (Å²) in [5, 5.41) is 3.20. The van der Waals surface area contributed by atoms with Gasteiger partial charge in [-0.1, -0.05) is 13.0 Å². The third-order valence-electron chi connectivity index (χ3n) is 3.56. The number of hydrogen-bond acceptors (Lipinski definition) is 5. The summed E-state index contributed by atoms with van der Waals surface area (Å²) in [6.45, 7) is 1.87. The fourth-order valence-corrected chi connectivity index (χ4v) is 2.51. The normalized spacial score (nSPS) is 21.5. The Morgan fingerprint density at radius 2 is 2.10 bits per heavy atom. The van der Waals surface area contributed by atoms with Crippen LogP contribution in [0.4, 0.5) is 5.69 Å². The maximum atomic E-state index is 12.1. The lowest BCUT2D eigenvalue weighted by molar-refractivity contribution is -0.150. The van der Waals surface area contributed by atoms with Gasteiger partial charge in [0.15, 0.2) is 5.78 Å². The molecule has 2 rings (SSSR count). The number of carbonyl (C=O) groups is 2. The van der Waals surface area contributed by atoms with Crippen LogP contribution in [0.3, 0.4) is 0 Å². The Kier molecular flexibility index (Phi) is 4.62. The van der Waals surface area contributed by atoms with Gasteiger partial charge in [0.05, 0.1) is 14.2 Å². The van der Waals surface area contributed by atoms with Crippen molar-refractivity contribution in [1.82, 2.24) is 0 Å². The summed E-state index contributed by atoms with van der Waals surface area (Å²) in [5.41, 5.74) is 1.64. The number of rotatable bonds is 4. The quantitative estimate of drug-likeness (QED) is 0.681. The van der Waals surface area contributed by atoms with Gasteiger partial charge in [-0.25, -0.2) is 0 Å². The molecule has 1 aliphatic carbocycles. The number of nitrogens with one attached hydrogen (secondary N) is 1. The first-order valence-electron chi connectivity index (χ1n) is 6.78. The Morgan fingerprint density at radius 1 is 1.33 bits per heavy atom. The van der Waals surface area contributed by atoms with Gasteiger partial charge in [0, 0.05) is 23.5 Å². The SMILES string of the molecule is COC(=O)[C@@H]1C(=O)C=C(Nc2cccc(OC)c2)C[C@H]1C. The van der Waals surface area contributed by atoms with E-state index in [1.165, 1.54) is 13.2 Å². The van der Waals surface area contributed by atoms with Crippen LogP contribution >= 0.6 is 0 Å². The predicted molar refractivity (Wildman–Crippen MR) is 79.0 cm³/mol. The highest BCUT2D eigenvalue weighted by Gasteiger charge is 2.35. The molecular weight excluding hydrogens is 270 g/mol. The van der Waals surface area contributed by atoms with Crippen molar-refractivity contribution in [3.05, 3.63) is 36.0 Å². The molecule has 0 aliphatic heterocycles. The molecule has 0 unspecified atom stereocenters. The van der Waals surface area contributed by atoms with Gasteiger partial charge in [-0.15, -0.1) is 0 Å². The number of allylic oxidation sites excluding steroid dienone is 2. The standard InChI is InChI=1S/C16H19NO4/c1-10-7-12(9-14(18)15(10)16(19)21-3)17-11-5-4-6-13(8-11)20-2/h4-6,8-10,15,17H,7H2,1-3H3/t10-,15+/m1/s1. The van der Waals surface area contributed by atoms with Gasteiger partial charge in [-0.3, -0.25) is 9.59 Å². The lowest BCUT2D eigenvalue weighted by atomic mass is 9.82. The van der Waals surface area contributed by atoms with E-state index in [0.717, 1.165) is 17.1 Å². The first-order valence-corrected chi connectivity index (χ1v) is 6.78. The van der Waals surface area contributed by atoms with Crippen molar-refractivity contribution < 1.29 is 19.1 Å². The van der Waals surface area contributed by atoms with Crippen LogP contribution in [0.25, 0.3) is 0 Å². The maximum absolute atomic E-state index is 12.1. The van der Waals surface area contributed by atoms with Crippen molar-refractivity contribution >= 4 is 17.4 Å². The summed E-state index contributed by atoms with van der Waals surface area (Å²) in [6.07, 6.45) is 2.10. The molecule has 5 heteroatoms. The van der Waals surface area contributed by atoms with Gasteiger partial charge < -0.3 is 14.8 Å². The van der Waals surface area contributed by atoms with Crippen molar-refractivity contribution in [2.24, 2.45) is 11.8 Å². The lowest BCUT2D eigenvalue weighted by Gasteiger charge is -2.26. The zero-order valence-corrected chi connectivity index (χ0v) is 12.4. The second kappa shape index (κ2) is 6.43. The minimum atomic E-state index is -0.703. The van der Waals surface area contributed by atoms with Crippen LogP contribution in [-0.2, 0) is 14.3 Å². The van der Waals surface area contributed by atoms with Gasteiger partial charge in [0.1, 0.15) is 11.7 Å². The maximum Gasteiger partial charge on any atom is 0.316 e. The second-order valence-electron chi connectivity index (χ2n) is 5.11. The summed E-state index contributed by atoms with van der Waals surface area (Å²) >= 11 is 0. The lowest BCUT2D eigenvalue weighted by Crippen LogP contribution is -2.34. The van der Waals surface area contributed by atoms with E-state index < -0.39 is 11.9 Å². The molecule has 1 N–H and O–H groups in total. The highest BCUT2D eigenvalue weighted by Crippen LogP contribution is 2.29. The molecule has 0 spiro atoms. The van der Waals surface area contributed by atoms with E-state index in [1.54, 1.807) is 7.11 Å². The van der Waals surface area contributed by atoms with Crippen LogP contribution in [0.2, 0.25) is 0 Å². The van der Waals surface area contributed by atoms with Gasteiger partial charge in [0.25, 0.3) is 0 Å². The van der Waals surface area contributed by atoms with Gasteiger partial charge in [-0.05, 0) is 24.5 Å². The van der Waals surface area contributed by atoms with E-state index in [4.69, 9.17) is 4.74 Å². The zero-order chi connectivity index (χ0) is 15.4. The molecule has 0 fully saturated rings. The van der Waals surface area contributed by atoms with Crippen LogP contribution in [0.5, 0.6) is 5.75 Å². The first-order chi connectivity index (χ1) is 10.0. The molecule has 1 aromatic carbocycles. The molecule has 0 amide bonds. The van der Waals surface area contributed by atoms with Crippen LogP contribution < -0.4 is 10.1 Å². The van der Waals surface area contributed by atoms with E-state index in [1.807, 2.05) is 31.2 Å². The van der Waals surface area contributed by atoms with Crippen molar-refractivity contribution in [3.8, 4) is 5.75 Å². The largest absolute Gasteiger partial charge is 0.497 e. The smallest absolute Gasteiger partial charge is 0.316 e. The molecule has 2 atom stereocenters. The number of benzene rings is 1. The van der Waals surface area contributed by atoms with Crippen molar-refractivity contribution in [2.45, 2.75) is 13.3 Å². The van der Waals surface area contributed by atoms with E-state index in [0.29, 0.717) is 6.42 Å². The van der Waals surface area contributed by atoms with E-state index in [9.17, 15) is 9.59 Å². The minimum Gasteiger partial charge on any atom is -0.497 e. The van der Waals surface area contributed by atoms with Gasteiger partial charge in [0.2, 0.25) is 0 Å². The first kappa shape index (κ1) is 15.1. The van der Waals surface area contributed by atoms with Crippen LogP contribution in [0, 0.1) is 11.8 Å². The van der Waals surface area contributed by atoms with Gasteiger partial charge >= 0.3 is 5.97 Å². The molecule has 5 nitrogen and oxygen atoms in total. The molecular formula is C16H19NO4. The number of carbonyl (C=O) groups excluding carboxylic acids is 2. The molecule has 0 radical (unpaired) electrons. The van der Waals surface area contributed by atoms with E-state index in [2.05, 4.69) is 10.1 Å². The molecule has 0 saturated carbocycles. The molecule has 0 bridgehead atoms. The van der Waals surface area contributed by atoms with E-state index in [-0.39, 0.29) is 11.7 Å². The monoisotopic (exact) mass is 289 g/mol. The third-order valence-corrected chi connectivity index (χ3v) is 3.56. The summed E-state index contributed by atoms with van der Waals surface area (Å²) in [4.78, 5) is 23.7. The van der Waals surface area contributed by atoms with Crippen molar-refractivity contribution in [3.63, 3.8) is 0 Å². The Balaban J connectivity index is 2.15. The molecule has 112 valence electrons. The van der Waals surface area contributed by atoms with Crippen LogP contribution in [0.15, 0.2) is 36.0 Å². The molecule has 0 heterocycles. The second-order valence-corrected chi connectivity index (χ2v) is 5.11. The number of anilines is 1. The zero-order valence-electron chi connectivity index (χ0n) is 12.4. The average Bonchev–Trinajstić information content (AvgIpc) is 2.46. The van der Waals surface area contributed by atoms with Crippen molar-refractivity contribution in [1.29, 1.82) is 0 Å². The molecule has 0 aromatic heterocycles. The van der Waals surface area contributed by atoms with Crippen LogP contribution in [-0.4, -0.2) is 26.0 Å². The number of ether oxygens (including phenoxy) is 2. The Hall–Kier alpha value is -2.30. The third kappa shape index (κ3) is 3.42. The van der Waals surface area contributed by atoms with Crippen molar-refractivity contribution in [2.75, 3.05) is 19.5 Å². The molecule has 1 aromatic rings. The Morgan fingerprint density at radius 3 is 2.71 bits per heavy atom. The Bertz CT molecular complexity index is 579. The molecule has 1 aliphatic rings. The predicted octanol–water partition coefficient (Wildman–Crippen LogP) is 2.39. The van der Waals surface area contributed by atoms with Crippen LogP contribution in [0.1, 0.15) is 13.3 Å². The molecule has 21 heavy (non-hydrogen) atoms. The summed E-state index contributed by atoms with van der Waals surface area (Å²) in [5.74, 6) is -0.743. The number of hydrogen-bond donors (Lipinski definition) is 1. The summed E-state index contributed by atoms with van der Waals surface area (Å²) in [6, 6.07) is 7.46. The fraction of sp³-hybridized carbons (Fsp3) is 0.375. The highest BCUT2D eigenvalue weighted by molar-refractivity contribution is 6.06. The van der Waals surface area contributed by atoms with Gasteiger partial charge in [-0.2, -0.15) is 0 Å². The Labute approximate surface area is 123 Å². The fourth-order valence-electron chi connectivity index (χ4n) is 2.51. The number of methoxy groups -OCH3 is 2. The average molecular weight is 289 g/mol. The topological polar surface area (TPSA) is 64.6 Å². The molecule has 0 saturated heterocycles. The highest BCUT2D eigenvalue weighted by atomic mass is 16.5.